The Labute approximate surface area is 137 Å². The first-order valence-corrected chi connectivity index (χ1v) is 8.58. The molecule has 0 bridgehead atoms. The molecule has 3 N–H and O–H groups in total. The molecule has 0 spiro atoms. The predicted molar refractivity (Wildman–Crippen MR) is 86.7 cm³/mol. The van der Waals surface area contributed by atoms with Gasteiger partial charge in [-0.1, -0.05) is 13.8 Å². The second-order valence-corrected chi connectivity index (χ2v) is 6.72. The van der Waals surface area contributed by atoms with Crippen molar-refractivity contribution < 1.29 is 14.4 Å². The third-order valence-corrected chi connectivity index (χ3v) is 4.31. The summed E-state index contributed by atoms with van der Waals surface area (Å²) in [5.74, 6) is -0.0714. The highest BCUT2D eigenvalue weighted by molar-refractivity contribution is 5.80. The summed E-state index contributed by atoms with van der Waals surface area (Å²) >= 11 is 0. The highest BCUT2D eigenvalue weighted by Crippen LogP contribution is 2.21. The molecule has 1 saturated heterocycles. The molecule has 0 aromatic carbocycles. The fourth-order valence-corrected chi connectivity index (χ4v) is 2.56. The van der Waals surface area contributed by atoms with Crippen LogP contribution >= 0.6 is 0 Å². The monoisotopic (exact) mass is 324 g/mol. The maximum Gasteiger partial charge on any atom is 0.317 e. The molecule has 1 saturated carbocycles. The lowest BCUT2D eigenvalue weighted by Crippen LogP contribution is -2.48. The van der Waals surface area contributed by atoms with E-state index in [1.165, 1.54) is 0 Å². The number of nitrogens with zero attached hydrogens (tertiary/aromatic N) is 1. The van der Waals surface area contributed by atoms with E-state index in [-0.39, 0.29) is 29.7 Å². The molecule has 2 rings (SSSR count). The molecule has 130 valence electrons. The van der Waals surface area contributed by atoms with Gasteiger partial charge < -0.3 is 20.9 Å². The third kappa shape index (κ3) is 5.73. The van der Waals surface area contributed by atoms with Crippen molar-refractivity contribution in [1.29, 1.82) is 0 Å². The van der Waals surface area contributed by atoms with Gasteiger partial charge in [0.15, 0.2) is 0 Å². The van der Waals surface area contributed by atoms with Crippen molar-refractivity contribution in [3.63, 3.8) is 0 Å². The van der Waals surface area contributed by atoms with Gasteiger partial charge in [-0.2, -0.15) is 0 Å². The van der Waals surface area contributed by atoms with Gasteiger partial charge in [-0.25, -0.2) is 4.79 Å². The lowest BCUT2D eigenvalue weighted by Gasteiger charge is -2.31. The Hall–Kier alpha value is -1.79. The van der Waals surface area contributed by atoms with E-state index in [2.05, 4.69) is 16.0 Å². The molecule has 2 aliphatic rings. The lowest BCUT2D eigenvalue weighted by atomic mass is 9.96. The number of likely N-dealkylation sites (tertiary alicyclic amines) is 1. The van der Waals surface area contributed by atoms with Crippen LogP contribution in [0.15, 0.2) is 0 Å². The maximum absolute atomic E-state index is 12.1. The van der Waals surface area contributed by atoms with Gasteiger partial charge in [-0.15, -0.1) is 0 Å². The Morgan fingerprint density at radius 2 is 1.61 bits per heavy atom. The molecule has 1 aliphatic carbocycles. The highest BCUT2D eigenvalue weighted by Gasteiger charge is 2.30. The topological polar surface area (TPSA) is 90.5 Å². The minimum atomic E-state index is -0.0446. The SMILES string of the molecule is CC(C)C(=O)NCCNC(=O)C1CCN(C(=O)NC2CC2)CC1. The normalized spacial score (nSPS) is 18.7. The molecule has 1 aliphatic heterocycles. The first-order valence-electron chi connectivity index (χ1n) is 8.58. The predicted octanol–water partition coefficient (Wildman–Crippen LogP) is 0.459. The zero-order valence-corrected chi connectivity index (χ0v) is 14.1. The van der Waals surface area contributed by atoms with Gasteiger partial charge in [0.2, 0.25) is 11.8 Å². The first kappa shape index (κ1) is 17.6. The van der Waals surface area contributed by atoms with E-state index in [1.807, 2.05) is 13.8 Å². The Morgan fingerprint density at radius 1 is 1.00 bits per heavy atom. The van der Waals surface area contributed by atoms with Crippen LogP contribution in [0.5, 0.6) is 0 Å². The van der Waals surface area contributed by atoms with Crippen molar-refractivity contribution in [3.05, 3.63) is 0 Å². The summed E-state index contributed by atoms with van der Waals surface area (Å²) in [4.78, 5) is 37.2. The van der Waals surface area contributed by atoms with Crippen LogP contribution in [0.3, 0.4) is 0 Å². The fraction of sp³-hybridized carbons (Fsp3) is 0.812. The first-order chi connectivity index (χ1) is 11.0. The minimum Gasteiger partial charge on any atom is -0.354 e. The molecule has 4 amide bonds. The van der Waals surface area contributed by atoms with Crippen LogP contribution in [0.1, 0.15) is 39.5 Å². The van der Waals surface area contributed by atoms with E-state index in [0.717, 1.165) is 12.8 Å². The number of piperidine rings is 1. The van der Waals surface area contributed by atoms with Crippen molar-refractivity contribution in [3.8, 4) is 0 Å². The minimum absolute atomic E-state index is 0.00255. The summed E-state index contributed by atoms with van der Waals surface area (Å²) in [6, 6.07) is 0.368. The molecular formula is C16H28N4O3. The molecule has 0 aromatic rings. The van der Waals surface area contributed by atoms with E-state index >= 15 is 0 Å². The number of hydrogen-bond acceptors (Lipinski definition) is 3. The van der Waals surface area contributed by atoms with Gasteiger partial charge in [0.1, 0.15) is 0 Å². The van der Waals surface area contributed by atoms with Gasteiger partial charge in [0.25, 0.3) is 0 Å². The van der Waals surface area contributed by atoms with E-state index < -0.39 is 0 Å². The summed E-state index contributed by atoms with van der Waals surface area (Å²) in [5.41, 5.74) is 0. The number of rotatable bonds is 6. The smallest absolute Gasteiger partial charge is 0.317 e. The summed E-state index contributed by atoms with van der Waals surface area (Å²) in [5, 5.41) is 8.61. The van der Waals surface area contributed by atoms with Crippen LogP contribution in [0.2, 0.25) is 0 Å². The quantitative estimate of drug-likeness (QED) is 0.620. The molecular weight excluding hydrogens is 296 g/mol. The number of hydrogen-bond donors (Lipinski definition) is 3. The molecule has 0 atom stereocenters. The second kappa shape index (κ2) is 8.17. The van der Waals surface area contributed by atoms with Crippen molar-refractivity contribution >= 4 is 17.8 Å². The molecule has 7 heteroatoms. The molecule has 0 radical (unpaired) electrons. The standard InChI is InChI=1S/C16H28N4O3/c1-11(2)14(21)17-7-8-18-15(22)12-5-9-20(10-6-12)16(23)19-13-3-4-13/h11-13H,3-10H2,1-2H3,(H,17,21)(H,18,22)(H,19,23). The van der Waals surface area contributed by atoms with Gasteiger partial charge in [0.05, 0.1) is 0 Å². The summed E-state index contributed by atoms with van der Waals surface area (Å²) in [7, 11) is 0. The van der Waals surface area contributed by atoms with Crippen LogP contribution in [-0.2, 0) is 9.59 Å². The Bertz CT molecular complexity index is 441. The average molecular weight is 324 g/mol. The summed E-state index contributed by atoms with van der Waals surface area (Å²) < 4.78 is 0. The van der Waals surface area contributed by atoms with Crippen molar-refractivity contribution in [2.45, 2.75) is 45.6 Å². The number of amides is 4. The van der Waals surface area contributed by atoms with E-state index in [1.54, 1.807) is 4.90 Å². The molecule has 0 aromatic heterocycles. The molecule has 0 unspecified atom stereocenters. The van der Waals surface area contributed by atoms with Crippen molar-refractivity contribution in [2.24, 2.45) is 11.8 Å². The van der Waals surface area contributed by atoms with E-state index in [0.29, 0.717) is 45.1 Å². The van der Waals surface area contributed by atoms with Crippen LogP contribution in [-0.4, -0.2) is 55.0 Å². The zero-order valence-electron chi connectivity index (χ0n) is 14.1. The fourth-order valence-electron chi connectivity index (χ4n) is 2.56. The van der Waals surface area contributed by atoms with Crippen LogP contribution in [0, 0.1) is 11.8 Å². The molecule has 1 heterocycles. The number of urea groups is 1. The molecule has 23 heavy (non-hydrogen) atoms. The average Bonchev–Trinajstić information content (AvgIpc) is 3.35. The zero-order chi connectivity index (χ0) is 16.8. The highest BCUT2D eigenvalue weighted by atomic mass is 16.2. The number of carbonyl (C=O) groups is 3. The Morgan fingerprint density at radius 3 is 2.17 bits per heavy atom. The van der Waals surface area contributed by atoms with E-state index in [9.17, 15) is 14.4 Å². The van der Waals surface area contributed by atoms with Gasteiger partial charge >= 0.3 is 6.03 Å². The second-order valence-electron chi connectivity index (χ2n) is 6.72. The van der Waals surface area contributed by atoms with Crippen molar-refractivity contribution in [1.82, 2.24) is 20.9 Å². The third-order valence-electron chi connectivity index (χ3n) is 4.31. The maximum atomic E-state index is 12.1. The largest absolute Gasteiger partial charge is 0.354 e. The van der Waals surface area contributed by atoms with Gasteiger partial charge in [0, 0.05) is 44.1 Å². The van der Waals surface area contributed by atoms with Crippen LogP contribution in [0.4, 0.5) is 4.79 Å². The lowest BCUT2D eigenvalue weighted by molar-refractivity contribution is -0.127. The van der Waals surface area contributed by atoms with Crippen molar-refractivity contribution in [2.75, 3.05) is 26.2 Å². The van der Waals surface area contributed by atoms with Crippen LogP contribution < -0.4 is 16.0 Å². The number of carbonyl (C=O) groups excluding carboxylic acids is 3. The summed E-state index contributed by atoms with van der Waals surface area (Å²) in [6.07, 6.45) is 3.56. The number of nitrogens with one attached hydrogen (secondary N) is 3. The molecule has 7 nitrogen and oxygen atoms in total. The van der Waals surface area contributed by atoms with E-state index in [4.69, 9.17) is 0 Å². The van der Waals surface area contributed by atoms with Gasteiger partial charge in [-0.05, 0) is 25.7 Å². The van der Waals surface area contributed by atoms with Gasteiger partial charge in [-0.3, -0.25) is 9.59 Å². The molecule has 2 fully saturated rings. The van der Waals surface area contributed by atoms with Crippen LogP contribution in [0.25, 0.3) is 0 Å². The summed E-state index contributed by atoms with van der Waals surface area (Å²) in [6.45, 7) is 5.81. The Kier molecular flexibility index (Phi) is 6.24. The Balaban J connectivity index is 1.59.